The molecule has 0 bridgehead atoms. The van der Waals surface area contributed by atoms with E-state index in [0.29, 0.717) is 6.42 Å². The van der Waals surface area contributed by atoms with Crippen molar-refractivity contribution in [3.05, 3.63) is 0 Å². The predicted molar refractivity (Wildman–Crippen MR) is 69.1 cm³/mol. The number of carboxylic acids is 1. The lowest BCUT2D eigenvalue weighted by Gasteiger charge is -2.19. The van der Waals surface area contributed by atoms with E-state index in [9.17, 15) is 9.59 Å². The van der Waals surface area contributed by atoms with Gasteiger partial charge in [0.1, 0.15) is 12.1 Å². The molecule has 0 aromatic carbocycles. The van der Waals surface area contributed by atoms with Crippen molar-refractivity contribution < 1.29 is 19.8 Å². The van der Waals surface area contributed by atoms with Gasteiger partial charge in [0.05, 0.1) is 6.10 Å². The topological polar surface area (TPSA) is 177 Å². The summed E-state index contributed by atoms with van der Waals surface area (Å²) in [5.41, 5.74) is 15.6. The maximum absolute atomic E-state index is 11.5. The minimum absolute atomic E-state index is 0.0768. The van der Waals surface area contributed by atoms with Crippen LogP contribution in [0.15, 0.2) is 4.99 Å². The molecule has 0 saturated heterocycles. The summed E-state index contributed by atoms with van der Waals surface area (Å²) in [5.74, 6) is -1.98. The number of rotatable bonds is 8. The maximum Gasteiger partial charge on any atom is 0.326 e. The van der Waals surface area contributed by atoms with Gasteiger partial charge in [-0.3, -0.25) is 9.79 Å². The second-order valence-electron chi connectivity index (χ2n) is 4.11. The van der Waals surface area contributed by atoms with Crippen molar-refractivity contribution in [3.8, 4) is 0 Å². The van der Waals surface area contributed by atoms with E-state index >= 15 is 0 Å². The lowest BCUT2D eigenvalue weighted by atomic mass is 10.1. The Morgan fingerprint density at radius 3 is 2.37 bits per heavy atom. The average Bonchev–Trinajstić information content (AvgIpc) is 2.30. The van der Waals surface area contributed by atoms with E-state index in [1.54, 1.807) is 0 Å². The first-order valence-corrected chi connectivity index (χ1v) is 5.78. The number of nitrogens with two attached hydrogens (primary N) is 3. The summed E-state index contributed by atoms with van der Waals surface area (Å²) in [6, 6.07) is -2.26. The molecule has 3 unspecified atom stereocenters. The third kappa shape index (κ3) is 7.21. The van der Waals surface area contributed by atoms with E-state index in [0.717, 1.165) is 0 Å². The molecule has 9 nitrogen and oxygen atoms in total. The highest BCUT2D eigenvalue weighted by Crippen LogP contribution is 2.00. The molecular weight excluding hydrogens is 254 g/mol. The fourth-order valence-corrected chi connectivity index (χ4v) is 1.25. The number of hydrogen-bond acceptors (Lipinski definition) is 5. The van der Waals surface area contributed by atoms with Gasteiger partial charge in [0.15, 0.2) is 5.96 Å². The van der Waals surface area contributed by atoms with Gasteiger partial charge in [-0.1, -0.05) is 0 Å². The van der Waals surface area contributed by atoms with Gasteiger partial charge < -0.3 is 32.7 Å². The van der Waals surface area contributed by atoms with Crippen molar-refractivity contribution in [2.75, 3.05) is 6.54 Å². The standard InChI is InChI=1S/C10H21N5O4/c1-5(16)7(11)8(17)15-6(9(18)19)3-2-4-14-10(12)13/h5-7,16H,2-4,11H2,1H3,(H,15,17)(H,18,19)(H4,12,13,14). The number of aliphatic hydroxyl groups is 1. The zero-order valence-corrected chi connectivity index (χ0v) is 10.7. The van der Waals surface area contributed by atoms with Crippen LogP contribution >= 0.6 is 0 Å². The van der Waals surface area contributed by atoms with Crippen molar-refractivity contribution in [2.24, 2.45) is 22.2 Å². The Morgan fingerprint density at radius 1 is 1.37 bits per heavy atom. The van der Waals surface area contributed by atoms with E-state index in [4.69, 9.17) is 27.4 Å². The minimum atomic E-state index is -1.18. The summed E-state index contributed by atoms with van der Waals surface area (Å²) in [7, 11) is 0. The Kier molecular flexibility index (Phi) is 7.46. The molecule has 0 spiro atoms. The number of hydrogen-bond donors (Lipinski definition) is 6. The third-order valence-corrected chi connectivity index (χ3v) is 2.38. The van der Waals surface area contributed by atoms with Crippen molar-refractivity contribution in [1.82, 2.24) is 5.32 Å². The smallest absolute Gasteiger partial charge is 0.326 e. The monoisotopic (exact) mass is 275 g/mol. The van der Waals surface area contributed by atoms with Crippen LogP contribution in [0.4, 0.5) is 0 Å². The van der Waals surface area contributed by atoms with Crippen LogP contribution in [-0.4, -0.2) is 52.8 Å². The fraction of sp³-hybridized carbons (Fsp3) is 0.700. The third-order valence-electron chi connectivity index (χ3n) is 2.38. The Bertz CT molecular complexity index is 341. The van der Waals surface area contributed by atoms with Gasteiger partial charge in [-0.05, 0) is 19.8 Å². The van der Waals surface area contributed by atoms with E-state index in [1.165, 1.54) is 6.92 Å². The van der Waals surface area contributed by atoms with E-state index in [2.05, 4.69) is 10.3 Å². The number of aliphatic imine (C=N–C) groups is 1. The zero-order chi connectivity index (χ0) is 15.0. The fourth-order valence-electron chi connectivity index (χ4n) is 1.25. The summed E-state index contributed by atoms with van der Waals surface area (Å²) in [5, 5.41) is 20.3. The normalized spacial score (nSPS) is 15.1. The maximum atomic E-state index is 11.5. The van der Waals surface area contributed by atoms with Gasteiger partial charge in [-0.15, -0.1) is 0 Å². The Balaban J connectivity index is 4.31. The first-order chi connectivity index (χ1) is 8.75. The molecule has 0 aliphatic heterocycles. The molecule has 19 heavy (non-hydrogen) atoms. The number of carbonyl (C=O) groups is 2. The number of aliphatic carboxylic acids is 1. The molecule has 0 fully saturated rings. The van der Waals surface area contributed by atoms with Crippen LogP contribution < -0.4 is 22.5 Å². The number of aliphatic hydroxyl groups excluding tert-OH is 1. The van der Waals surface area contributed by atoms with Gasteiger partial charge in [0.25, 0.3) is 0 Å². The Hall–Kier alpha value is -1.87. The lowest BCUT2D eigenvalue weighted by molar-refractivity contribution is -0.142. The molecule has 1 amide bonds. The Labute approximate surface area is 110 Å². The minimum Gasteiger partial charge on any atom is -0.480 e. The van der Waals surface area contributed by atoms with Crippen molar-refractivity contribution >= 4 is 17.8 Å². The van der Waals surface area contributed by atoms with Crippen molar-refractivity contribution in [2.45, 2.75) is 38.0 Å². The lowest BCUT2D eigenvalue weighted by Crippen LogP contribution is -2.52. The molecule has 0 rings (SSSR count). The van der Waals surface area contributed by atoms with Crippen LogP contribution in [0.25, 0.3) is 0 Å². The molecule has 3 atom stereocenters. The first kappa shape index (κ1) is 17.1. The molecule has 0 aliphatic carbocycles. The van der Waals surface area contributed by atoms with Crippen LogP contribution in [0.3, 0.4) is 0 Å². The van der Waals surface area contributed by atoms with Crippen LogP contribution in [0.5, 0.6) is 0 Å². The highest BCUT2D eigenvalue weighted by molar-refractivity contribution is 5.87. The molecule has 0 radical (unpaired) electrons. The van der Waals surface area contributed by atoms with Crippen LogP contribution in [0, 0.1) is 0 Å². The molecule has 0 aromatic heterocycles. The molecule has 9 heteroatoms. The molecule has 0 aromatic rings. The van der Waals surface area contributed by atoms with E-state index < -0.39 is 30.1 Å². The van der Waals surface area contributed by atoms with Gasteiger partial charge in [-0.2, -0.15) is 0 Å². The van der Waals surface area contributed by atoms with Gasteiger partial charge in [0, 0.05) is 6.54 Å². The molecule has 9 N–H and O–H groups in total. The SMILES string of the molecule is CC(O)C(N)C(=O)NC(CCCN=C(N)N)C(=O)O. The largest absolute Gasteiger partial charge is 0.480 e. The number of guanidine groups is 1. The Morgan fingerprint density at radius 2 is 1.95 bits per heavy atom. The van der Waals surface area contributed by atoms with E-state index in [-0.39, 0.29) is 18.9 Å². The molecule has 0 heterocycles. The zero-order valence-electron chi connectivity index (χ0n) is 10.7. The van der Waals surface area contributed by atoms with Crippen LogP contribution in [-0.2, 0) is 9.59 Å². The van der Waals surface area contributed by atoms with Gasteiger partial charge in [-0.25, -0.2) is 4.79 Å². The molecule has 110 valence electrons. The molecule has 0 saturated carbocycles. The number of carbonyl (C=O) groups excluding carboxylic acids is 1. The average molecular weight is 275 g/mol. The second kappa shape index (κ2) is 8.27. The number of carboxylic acid groups (broad SMARTS) is 1. The summed E-state index contributed by atoms with van der Waals surface area (Å²) in [4.78, 5) is 26.2. The van der Waals surface area contributed by atoms with E-state index in [1.807, 2.05) is 0 Å². The van der Waals surface area contributed by atoms with Crippen molar-refractivity contribution in [1.29, 1.82) is 0 Å². The molecule has 0 aliphatic rings. The van der Waals surface area contributed by atoms with Crippen LogP contribution in [0.1, 0.15) is 19.8 Å². The second-order valence-corrected chi connectivity index (χ2v) is 4.11. The first-order valence-electron chi connectivity index (χ1n) is 5.78. The quantitative estimate of drug-likeness (QED) is 0.159. The molecular formula is C10H21N5O4. The summed E-state index contributed by atoms with van der Waals surface area (Å²) in [6.07, 6.45) is -0.514. The predicted octanol–water partition coefficient (Wildman–Crippen LogP) is -2.68. The number of amides is 1. The highest BCUT2D eigenvalue weighted by atomic mass is 16.4. The summed E-state index contributed by atoms with van der Waals surface area (Å²) >= 11 is 0. The van der Waals surface area contributed by atoms with Gasteiger partial charge in [0.2, 0.25) is 5.91 Å². The highest BCUT2D eigenvalue weighted by Gasteiger charge is 2.25. The summed E-state index contributed by atoms with van der Waals surface area (Å²) < 4.78 is 0. The number of nitrogens with one attached hydrogen (secondary N) is 1. The van der Waals surface area contributed by atoms with Gasteiger partial charge >= 0.3 is 5.97 Å². The van der Waals surface area contributed by atoms with Crippen molar-refractivity contribution in [3.63, 3.8) is 0 Å². The summed E-state index contributed by atoms with van der Waals surface area (Å²) in [6.45, 7) is 1.61. The number of nitrogens with zero attached hydrogens (tertiary/aromatic N) is 1. The van der Waals surface area contributed by atoms with Crippen LogP contribution in [0.2, 0.25) is 0 Å².